The van der Waals surface area contributed by atoms with Gasteiger partial charge in [0.05, 0.1) is 11.1 Å². The first kappa shape index (κ1) is 23.1. The molecule has 0 aromatic heterocycles. The van der Waals surface area contributed by atoms with Gasteiger partial charge in [0, 0.05) is 5.69 Å². The normalized spacial score (nSPS) is 10.9. The van der Waals surface area contributed by atoms with Gasteiger partial charge >= 0.3 is 0 Å². The minimum atomic E-state index is -0.475. The highest BCUT2D eigenvalue weighted by atomic mass is 79.9. The van der Waals surface area contributed by atoms with Gasteiger partial charge in [0.25, 0.3) is 5.91 Å². The van der Waals surface area contributed by atoms with Crippen LogP contribution in [0.5, 0.6) is 11.5 Å². The molecule has 3 aromatic carbocycles. The van der Waals surface area contributed by atoms with Crippen molar-refractivity contribution in [3.63, 3.8) is 0 Å². The van der Waals surface area contributed by atoms with Crippen molar-refractivity contribution in [1.82, 2.24) is 0 Å². The molecule has 0 fully saturated rings. The van der Waals surface area contributed by atoms with E-state index in [-0.39, 0.29) is 5.57 Å². The lowest BCUT2D eigenvalue weighted by Gasteiger charge is -2.15. The molecule has 0 aliphatic carbocycles. The summed E-state index contributed by atoms with van der Waals surface area (Å²) in [7, 11) is 0. The Hall–Kier alpha value is -3.56. The third-order valence-electron chi connectivity index (χ3n) is 4.51. The summed E-state index contributed by atoms with van der Waals surface area (Å²) in [6.45, 7) is 4.65. The fraction of sp³-hybridized carbons (Fsp3) is 0.154. The molecule has 162 valence electrons. The molecule has 0 saturated carbocycles. The second-order valence-electron chi connectivity index (χ2n) is 7.03. The van der Waals surface area contributed by atoms with E-state index in [9.17, 15) is 10.1 Å². The number of halogens is 1. The maximum Gasteiger partial charge on any atom is 0.266 e. The molecule has 0 aliphatic heterocycles. The molecule has 6 heteroatoms. The van der Waals surface area contributed by atoms with Gasteiger partial charge in [-0.15, -0.1) is 0 Å². The van der Waals surface area contributed by atoms with Crippen molar-refractivity contribution in [3.05, 3.63) is 93.5 Å². The van der Waals surface area contributed by atoms with Gasteiger partial charge in [-0.25, -0.2) is 0 Å². The number of amides is 1. The monoisotopic (exact) mass is 490 g/mol. The van der Waals surface area contributed by atoms with Crippen molar-refractivity contribution in [2.24, 2.45) is 0 Å². The number of ether oxygens (including phenoxy) is 2. The van der Waals surface area contributed by atoms with Crippen molar-refractivity contribution in [2.45, 2.75) is 20.5 Å². The smallest absolute Gasteiger partial charge is 0.266 e. The van der Waals surface area contributed by atoms with Gasteiger partial charge < -0.3 is 14.8 Å². The highest BCUT2D eigenvalue weighted by Gasteiger charge is 2.15. The lowest BCUT2D eigenvalue weighted by molar-refractivity contribution is -0.112. The summed E-state index contributed by atoms with van der Waals surface area (Å²) in [4.78, 5) is 12.6. The summed E-state index contributed by atoms with van der Waals surface area (Å²) in [6.07, 6.45) is 1.53. The highest BCUT2D eigenvalue weighted by Crippen LogP contribution is 2.38. The van der Waals surface area contributed by atoms with Gasteiger partial charge in [0.2, 0.25) is 0 Å². The van der Waals surface area contributed by atoms with Gasteiger partial charge in [-0.1, -0.05) is 42.5 Å². The molecule has 5 nitrogen and oxygen atoms in total. The van der Waals surface area contributed by atoms with E-state index in [0.29, 0.717) is 40.4 Å². The number of rotatable bonds is 8. The molecule has 0 aliphatic rings. The zero-order valence-corrected chi connectivity index (χ0v) is 19.5. The molecule has 0 radical (unpaired) electrons. The Morgan fingerprint density at radius 2 is 1.88 bits per heavy atom. The fourth-order valence-electron chi connectivity index (χ4n) is 3.04. The van der Waals surface area contributed by atoms with Gasteiger partial charge in [-0.2, -0.15) is 5.26 Å². The Kier molecular flexibility index (Phi) is 8.07. The zero-order chi connectivity index (χ0) is 22.9. The maximum absolute atomic E-state index is 12.6. The fourth-order valence-corrected chi connectivity index (χ4v) is 3.61. The van der Waals surface area contributed by atoms with Crippen LogP contribution >= 0.6 is 15.9 Å². The number of carbonyl (C=O) groups excluding carboxylic acids is 1. The molecule has 3 aromatic rings. The van der Waals surface area contributed by atoms with Crippen molar-refractivity contribution in [1.29, 1.82) is 5.26 Å². The number of nitrogens with zero attached hydrogens (tertiary/aromatic N) is 1. The lowest BCUT2D eigenvalue weighted by atomic mass is 10.1. The summed E-state index contributed by atoms with van der Waals surface area (Å²) in [6, 6.07) is 22.8. The molecule has 0 heterocycles. The van der Waals surface area contributed by atoms with Crippen LogP contribution in [0.2, 0.25) is 0 Å². The minimum Gasteiger partial charge on any atom is -0.490 e. The summed E-state index contributed by atoms with van der Waals surface area (Å²) in [5.41, 5.74) is 3.31. The molecule has 0 bridgehead atoms. The minimum absolute atomic E-state index is 0.0150. The largest absolute Gasteiger partial charge is 0.490 e. The lowest BCUT2D eigenvalue weighted by Crippen LogP contribution is -2.13. The van der Waals surface area contributed by atoms with Crippen LogP contribution in [0.3, 0.4) is 0 Å². The van der Waals surface area contributed by atoms with Gasteiger partial charge in [0.15, 0.2) is 11.5 Å². The Bertz CT molecular complexity index is 1170. The third kappa shape index (κ3) is 6.22. The molecule has 0 saturated heterocycles. The number of benzene rings is 3. The van der Waals surface area contributed by atoms with Crippen LogP contribution in [0, 0.1) is 18.3 Å². The SMILES string of the molecule is CCOc1cc(/C=C(/C#N)C(=O)Nc2cccc(C)c2)cc(Br)c1OCc1ccccc1. The second kappa shape index (κ2) is 11.2. The van der Waals surface area contributed by atoms with Gasteiger partial charge in [-0.05, 0) is 76.8 Å². The Balaban J connectivity index is 1.84. The van der Waals surface area contributed by atoms with Gasteiger partial charge in [-0.3, -0.25) is 4.79 Å². The summed E-state index contributed by atoms with van der Waals surface area (Å²) in [5.74, 6) is 0.618. The second-order valence-corrected chi connectivity index (χ2v) is 7.89. The van der Waals surface area contributed by atoms with Crippen LogP contribution in [-0.2, 0) is 11.4 Å². The first-order valence-electron chi connectivity index (χ1n) is 10.1. The molecule has 32 heavy (non-hydrogen) atoms. The van der Waals surface area contributed by atoms with Crippen molar-refractivity contribution >= 4 is 33.6 Å². The van der Waals surface area contributed by atoms with E-state index in [1.54, 1.807) is 18.2 Å². The predicted octanol–water partition coefficient (Wildman–Crippen LogP) is 6.28. The van der Waals surface area contributed by atoms with Crippen LogP contribution in [0.15, 0.2) is 76.8 Å². The third-order valence-corrected chi connectivity index (χ3v) is 5.10. The topological polar surface area (TPSA) is 71.3 Å². The number of aryl methyl sites for hydroxylation is 1. The average Bonchev–Trinajstić information content (AvgIpc) is 2.77. The summed E-state index contributed by atoms with van der Waals surface area (Å²) in [5, 5.41) is 12.3. The molecule has 0 spiro atoms. The van der Waals surface area contributed by atoms with Crippen LogP contribution in [0.4, 0.5) is 5.69 Å². The zero-order valence-electron chi connectivity index (χ0n) is 17.9. The van der Waals surface area contributed by atoms with Crippen LogP contribution < -0.4 is 14.8 Å². The van der Waals surface area contributed by atoms with Gasteiger partial charge in [0.1, 0.15) is 18.2 Å². The van der Waals surface area contributed by atoms with Crippen LogP contribution in [0.25, 0.3) is 6.08 Å². The molecular formula is C26H23BrN2O3. The van der Waals surface area contributed by atoms with E-state index >= 15 is 0 Å². The number of carbonyl (C=O) groups is 1. The number of hydrogen-bond acceptors (Lipinski definition) is 4. The Morgan fingerprint density at radius 1 is 1.09 bits per heavy atom. The predicted molar refractivity (Wildman–Crippen MR) is 129 cm³/mol. The van der Waals surface area contributed by atoms with E-state index in [2.05, 4.69) is 21.2 Å². The number of nitrogens with one attached hydrogen (secondary N) is 1. The average molecular weight is 491 g/mol. The van der Waals surface area contributed by atoms with Crippen molar-refractivity contribution < 1.29 is 14.3 Å². The van der Waals surface area contributed by atoms with E-state index in [0.717, 1.165) is 11.1 Å². The first-order chi connectivity index (χ1) is 15.5. The van der Waals surface area contributed by atoms with E-state index in [1.807, 2.05) is 68.4 Å². The number of nitriles is 1. The van der Waals surface area contributed by atoms with Crippen molar-refractivity contribution in [3.8, 4) is 17.6 Å². The van der Waals surface area contributed by atoms with E-state index in [1.165, 1.54) is 6.08 Å². The molecular weight excluding hydrogens is 468 g/mol. The van der Waals surface area contributed by atoms with Crippen LogP contribution in [-0.4, -0.2) is 12.5 Å². The maximum atomic E-state index is 12.6. The van der Waals surface area contributed by atoms with Crippen molar-refractivity contribution in [2.75, 3.05) is 11.9 Å². The number of anilines is 1. The summed E-state index contributed by atoms with van der Waals surface area (Å²) >= 11 is 3.53. The molecule has 1 amide bonds. The molecule has 3 rings (SSSR count). The quantitative estimate of drug-likeness (QED) is 0.297. The molecule has 1 N–H and O–H groups in total. The Morgan fingerprint density at radius 3 is 2.56 bits per heavy atom. The highest BCUT2D eigenvalue weighted by molar-refractivity contribution is 9.10. The molecule has 0 unspecified atom stereocenters. The standard InChI is InChI=1S/C26H23BrN2O3/c1-3-31-24-15-20(14-23(27)25(24)32-17-19-9-5-4-6-10-19)13-21(16-28)26(30)29-22-11-7-8-18(2)12-22/h4-15H,3,17H2,1-2H3,(H,29,30)/b21-13-. The summed E-state index contributed by atoms with van der Waals surface area (Å²) < 4.78 is 12.4. The van der Waals surface area contributed by atoms with E-state index in [4.69, 9.17) is 9.47 Å². The molecule has 0 atom stereocenters. The first-order valence-corrected chi connectivity index (χ1v) is 10.9. The van der Waals surface area contributed by atoms with Crippen LogP contribution in [0.1, 0.15) is 23.6 Å². The Labute approximate surface area is 196 Å². The van der Waals surface area contributed by atoms with E-state index < -0.39 is 5.91 Å². The number of hydrogen-bond donors (Lipinski definition) is 1.